The number of aromatic nitrogens is 4. The van der Waals surface area contributed by atoms with Crippen molar-refractivity contribution in [3.05, 3.63) is 42.5 Å². The second-order valence-corrected chi connectivity index (χ2v) is 6.87. The van der Waals surface area contributed by atoms with Crippen molar-refractivity contribution in [1.29, 1.82) is 0 Å². The van der Waals surface area contributed by atoms with Crippen LogP contribution in [0.5, 0.6) is 5.75 Å². The number of hydrogen-bond acceptors (Lipinski definition) is 10. The highest BCUT2D eigenvalue weighted by atomic mass is 16.6. The van der Waals surface area contributed by atoms with Gasteiger partial charge >= 0.3 is 5.97 Å². The Kier molecular flexibility index (Phi) is 5.59. The van der Waals surface area contributed by atoms with E-state index in [2.05, 4.69) is 20.3 Å². The van der Waals surface area contributed by atoms with Crippen LogP contribution in [-0.4, -0.2) is 65.7 Å². The second kappa shape index (κ2) is 8.32. The van der Waals surface area contributed by atoms with Gasteiger partial charge < -0.3 is 30.1 Å². The first-order valence-electron chi connectivity index (χ1n) is 9.29. The van der Waals surface area contributed by atoms with Gasteiger partial charge in [-0.1, -0.05) is 12.1 Å². The third-order valence-corrected chi connectivity index (χ3v) is 4.79. The minimum Gasteiger partial charge on any atom is -0.427 e. The molecule has 1 unspecified atom stereocenters. The molecule has 4 rings (SSSR count). The summed E-state index contributed by atoms with van der Waals surface area (Å²) in [6.45, 7) is 1.36. The van der Waals surface area contributed by atoms with Crippen LogP contribution < -0.4 is 10.1 Å². The molecule has 1 aromatic carbocycles. The summed E-state index contributed by atoms with van der Waals surface area (Å²) < 4.78 is 12.1. The highest BCUT2D eigenvalue weighted by Gasteiger charge is 2.44. The van der Waals surface area contributed by atoms with E-state index in [0.29, 0.717) is 29.3 Å². The number of imidazole rings is 1. The standard InChI is InChI=1S/C19H21N5O6/c1-10(26)29-12-4-2-11(3-5-12)6-20-17-14-18(22-8-21-17)24(9-23-14)19-16(28)15(27)13(7-25)30-19/h2-5,8-9,13,15-16,19,25,27-28H,6-7H2,1H3,(H,20,21,22)/t13-,15-,16-,19?/m1/s1. The number of carbonyl (C=O) groups is 1. The summed E-state index contributed by atoms with van der Waals surface area (Å²) in [5.41, 5.74) is 1.81. The minimum absolute atomic E-state index is 0.381. The predicted octanol–water partition coefficient (Wildman–Crippen LogP) is -0.0248. The molecule has 0 spiro atoms. The monoisotopic (exact) mass is 415 g/mol. The minimum atomic E-state index is -1.23. The maximum absolute atomic E-state index is 11.0. The van der Waals surface area contributed by atoms with Gasteiger partial charge in [0.2, 0.25) is 0 Å². The molecule has 3 heterocycles. The number of fused-ring (bicyclic) bond motifs is 1. The van der Waals surface area contributed by atoms with Gasteiger partial charge in [0.15, 0.2) is 23.2 Å². The molecule has 1 fully saturated rings. The Bertz CT molecular complexity index is 1040. The molecule has 0 amide bonds. The molecule has 2 aromatic heterocycles. The molecule has 11 nitrogen and oxygen atoms in total. The van der Waals surface area contributed by atoms with Crippen molar-refractivity contribution < 1.29 is 29.6 Å². The van der Waals surface area contributed by atoms with Gasteiger partial charge in [-0.2, -0.15) is 0 Å². The van der Waals surface area contributed by atoms with E-state index in [1.165, 1.54) is 24.1 Å². The fraction of sp³-hybridized carbons (Fsp3) is 0.368. The Morgan fingerprint density at radius 2 is 1.97 bits per heavy atom. The smallest absolute Gasteiger partial charge is 0.308 e. The molecule has 0 radical (unpaired) electrons. The van der Waals surface area contributed by atoms with E-state index in [1.54, 1.807) is 12.1 Å². The Hall–Kier alpha value is -3.12. The van der Waals surface area contributed by atoms with Crippen molar-refractivity contribution in [1.82, 2.24) is 19.5 Å². The van der Waals surface area contributed by atoms with E-state index in [4.69, 9.17) is 9.47 Å². The molecule has 4 atom stereocenters. The third-order valence-electron chi connectivity index (χ3n) is 4.79. The molecular weight excluding hydrogens is 394 g/mol. The first kappa shape index (κ1) is 20.2. The highest BCUT2D eigenvalue weighted by Crippen LogP contribution is 2.32. The lowest BCUT2D eigenvalue weighted by Crippen LogP contribution is -2.33. The summed E-state index contributed by atoms with van der Waals surface area (Å²) in [5.74, 6) is 0.566. The lowest BCUT2D eigenvalue weighted by atomic mass is 10.1. The van der Waals surface area contributed by atoms with Gasteiger partial charge in [-0.3, -0.25) is 9.36 Å². The fourth-order valence-electron chi connectivity index (χ4n) is 3.30. The molecule has 0 saturated carbocycles. The van der Waals surface area contributed by atoms with Gasteiger partial charge in [0, 0.05) is 13.5 Å². The molecular formula is C19H21N5O6. The molecule has 11 heteroatoms. The van der Waals surface area contributed by atoms with Crippen LogP contribution in [0.1, 0.15) is 18.7 Å². The zero-order chi connectivity index (χ0) is 21.3. The Morgan fingerprint density at radius 1 is 1.20 bits per heavy atom. The van der Waals surface area contributed by atoms with Crippen molar-refractivity contribution in [3.63, 3.8) is 0 Å². The molecule has 30 heavy (non-hydrogen) atoms. The Morgan fingerprint density at radius 3 is 2.63 bits per heavy atom. The molecule has 3 aromatic rings. The van der Waals surface area contributed by atoms with Crippen LogP contribution in [0.2, 0.25) is 0 Å². The predicted molar refractivity (Wildman–Crippen MR) is 103 cm³/mol. The number of esters is 1. The molecule has 1 aliphatic heterocycles. The van der Waals surface area contributed by atoms with Gasteiger partial charge in [-0.25, -0.2) is 15.0 Å². The number of benzene rings is 1. The molecule has 1 saturated heterocycles. The Labute approximate surface area is 170 Å². The zero-order valence-corrected chi connectivity index (χ0v) is 16.0. The maximum Gasteiger partial charge on any atom is 0.308 e. The SMILES string of the molecule is CC(=O)Oc1ccc(CNc2ncnc3c2ncn3C2O[C@H](CO)[C@@H](O)[C@H]2O)cc1. The van der Waals surface area contributed by atoms with Crippen LogP contribution >= 0.6 is 0 Å². The number of anilines is 1. The lowest BCUT2D eigenvalue weighted by Gasteiger charge is -2.16. The van der Waals surface area contributed by atoms with Gasteiger partial charge in [-0.05, 0) is 17.7 Å². The average molecular weight is 415 g/mol. The van der Waals surface area contributed by atoms with Crippen molar-refractivity contribution in [2.24, 2.45) is 0 Å². The number of hydrogen-bond donors (Lipinski definition) is 4. The largest absolute Gasteiger partial charge is 0.427 e. The fourth-order valence-corrected chi connectivity index (χ4v) is 3.30. The molecule has 0 bridgehead atoms. The van der Waals surface area contributed by atoms with Crippen LogP contribution in [0, 0.1) is 0 Å². The van der Waals surface area contributed by atoms with E-state index in [9.17, 15) is 20.1 Å². The van der Waals surface area contributed by atoms with E-state index in [1.807, 2.05) is 12.1 Å². The molecule has 4 N–H and O–H groups in total. The van der Waals surface area contributed by atoms with Crippen molar-refractivity contribution in [3.8, 4) is 5.75 Å². The number of rotatable bonds is 6. The van der Waals surface area contributed by atoms with Gasteiger partial charge in [0.05, 0.1) is 12.9 Å². The second-order valence-electron chi connectivity index (χ2n) is 6.87. The van der Waals surface area contributed by atoms with Gasteiger partial charge in [-0.15, -0.1) is 0 Å². The number of aliphatic hydroxyl groups is 3. The number of nitrogens with zero attached hydrogens (tertiary/aromatic N) is 4. The molecule has 1 aliphatic rings. The van der Waals surface area contributed by atoms with Crippen LogP contribution in [-0.2, 0) is 16.1 Å². The first-order chi connectivity index (χ1) is 14.5. The summed E-state index contributed by atoms with van der Waals surface area (Å²) in [6.07, 6.45) is -1.48. The van der Waals surface area contributed by atoms with E-state index in [-0.39, 0.29) is 5.97 Å². The number of nitrogens with one attached hydrogen (secondary N) is 1. The maximum atomic E-state index is 11.0. The van der Waals surface area contributed by atoms with Crippen molar-refractivity contribution >= 4 is 23.0 Å². The van der Waals surface area contributed by atoms with E-state index in [0.717, 1.165) is 5.56 Å². The molecule has 0 aliphatic carbocycles. The van der Waals surface area contributed by atoms with Crippen molar-refractivity contribution in [2.75, 3.05) is 11.9 Å². The first-order valence-corrected chi connectivity index (χ1v) is 9.29. The van der Waals surface area contributed by atoms with Crippen LogP contribution in [0.15, 0.2) is 36.9 Å². The normalized spacial score (nSPS) is 23.6. The quantitative estimate of drug-likeness (QED) is 0.319. The average Bonchev–Trinajstić information content (AvgIpc) is 3.28. The third kappa shape index (κ3) is 3.83. The zero-order valence-electron chi connectivity index (χ0n) is 16.0. The van der Waals surface area contributed by atoms with E-state index >= 15 is 0 Å². The van der Waals surface area contributed by atoms with Crippen LogP contribution in [0.4, 0.5) is 5.82 Å². The number of carbonyl (C=O) groups excluding carboxylic acids is 1. The van der Waals surface area contributed by atoms with Gasteiger partial charge in [0.25, 0.3) is 0 Å². The van der Waals surface area contributed by atoms with Crippen LogP contribution in [0.3, 0.4) is 0 Å². The Balaban J connectivity index is 1.52. The summed E-state index contributed by atoms with van der Waals surface area (Å²) in [4.78, 5) is 23.8. The summed E-state index contributed by atoms with van der Waals surface area (Å²) >= 11 is 0. The van der Waals surface area contributed by atoms with Gasteiger partial charge in [0.1, 0.15) is 30.4 Å². The number of ether oxygens (including phenoxy) is 2. The topological polar surface area (TPSA) is 152 Å². The van der Waals surface area contributed by atoms with Crippen LogP contribution in [0.25, 0.3) is 11.2 Å². The summed E-state index contributed by atoms with van der Waals surface area (Å²) in [7, 11) is 0. The summed E-state index contributed by atoms with van der Waals surface area (Å²) in [5, 5.41) is 32.7. The van der Waals surface area contributed by atoms with Crippen molar-refractivity contribution in [2.45, 2.75) is 38.0 Å². The molecule has 158 valence electrons. The summed E-state index contributed by atoms with van der Waals surface area (Å²) in [6, 6.07) is 7.04. The number of aliphatic hydroxyl groups excluding tert-OH is 3. The lowest BCUT2D eigenvalue weighted by molar-refractivity contribution is -0.131. The highest BCUT2D eigenvalue weighted by molar-refractivity contribution is 5.82. The van der Waals surface area contributed by atoms with E-state index < -0.39 is 31.1 Å².